The van der Waals surface area contributed by atoms with E-state index in [4.69, 9.17) is 10.2 Å². The number of carboxylic acid groups (broad SMARTS) is 2. The van der Waals surface area contributed by atoms with Crippen LogP contribution in [-0.2, 0) is 0 Å². The van der Waals surface area contributed by atoms with Crippen molar-refractivity contribution in [2.24, 2.45) is 0 Å². The Kier molecular flexibility index (Phi) is 2.96. The number of fused-ring (bicyclic) bond motifs is 1. The lowest BCUT2D eigenvalue weighted by atomic mass is 10.2. The molecule has 0 aliphatic heterocycles. The van der Waals surface area contributed by atoms with Crippen molar-refractivity contribution in [2.75, 3.05) is 0 Å². The molecule has 0 aliphatic carbocycles. The van der Waals surface area contributed by atoms with Gasteiger partial charge in [-0.1, -0.05) is 12.1 Å². The number of para-hydroxylation sites is 1. The van der Waals surface area contributed by atoms with Crippen molar-refractivity contribution < 1.29 is 29.3 Å². The molecule has 2 aromatic rings. The molecule has 0 aliphatic rings. The molecule has 2 rings (SSSR count). The van der Waals surface area contributed by atoms with Gasteiger partial charge in [-0.05, 0) is 12.1 Å². The minimum Gasteiger partial charge on any atom is -0.449 e. The fraction of sp³-hybridized carbons (Fsp3) is 0. The molecule has 7 nitrogen and oxygen atoms in total. The third kappa shape index (κ3) is 2.29. The third-order valence-electron chi connectivity index (χ3n) is 2.08. The molecule has 1 heterocycles. The molecule has 0 spiro atoms. The zero-order valence-electron chi connectivity index (χ0n) is 8.86. The van der Waals surface area contributed by atoms with Crippen molar-refractivity contribution >= 4 is 23.2 Å². The molecule has 0 fully saturated rings. The van der Waals surface area contributed by atoms with Crippen molar-refractivity contribution in [3.8, 4) is 11.5 Å². The summed E-state index contributed by atoms with van der Waals surface area (Å²) in [6, 6.07) is 6.53. The van der Waals surface area contributed by atoms with Gasteiger partial charge in [0.15, 0.2) is 11.5 Å². The highest BCUT2D eigenvalue weighted by atomic mass is 16.7. The standard InChI is InChI=1S/C11H7NO6/c13-10(14)17-8-5-12-7-4-2-1-3-6(7)9(8)18-11(15)16/h1-5H,(H,13,14)(H,15,16). The van der Waals surface area contributed by atoms with E-state index in [9.17, 15) is 9.59 Å². The molecule has 0 amide bonds. The van der Waals surface area contributed by atoms with E-state index < -0.39 is 12.3 Å². The summed E-state index contributed by atoms with van der Waals surface area (Å²) < 4.78 is 8.97. The number of pyridine rings is 1. The first kappa shape index (κ1) is 11.6. The summed E-state index contributed by atoms with van der Waals surface area (Å²) in [5.41, 5.74) is 0.464. The highest BCUT2D eigenvalue weighted by Gasteiger charge is 2.16. The van der Waals surface area contributed by atoms with E-state index in [1.807, 2.05) is 0 Å². The molecule has 2 N–H and O–H groups in total. The Morgan fingerprint density at radius 3 is 2.39 bits per heavy atom. The van der Waals surface area contributed by atoms with E-state index in [1.54, 1.807) is 24.3 Å². The maximum atomic E-state index is 10.6. The van der Waals surface area contributed by atoms with Crippen molar-refractivity contribution in [2.45, 2.75) is 0 Å². The largest absolute Gasteiger partial charge is 0.511 e. The van der Waals surface area contributed by atoms with Crippen LogP contribution in [0.4, 0.5) is 9.59 Å². The number of hydrogen-bond donors (Lipinski definition) is 2. The first-order chi connectivity index (χ1) is 8.58. The molecule has 0 radical (unpaired) electrons. The fourth-order valence-corrected chi connectivity index (χ4v) is 1.46. The first-order valence-corrected chi connectivity index (χ1v) is 4.77. The average Bonchev–Trinajstić information content (AvgIpc) is 2.31. The molecule has 0 unspecified atom stereocenters. The Balaban J connectivity index is 2.62. The maximum Gasteiger partial charge on any atom is 0.511 e. The predicted octanol–water partition coefficient (Wildman–Crippen LogP) is 2.35. The van der Waals surface area contributed by atoms with Gasteiger partial charge >= 0.3 is 12.3 Å². The van der Waals surface area contributed by atoms with Crippen LogP contribution in [0.5, 0.6) is 11.5 Å². The highest BCUT2D eigenvalue weighted by molar-refractivity contribution is 5.89. The minimum atomic E-state index is -1.58. The van der Waals surface area contributed by atoms with Crippen LogP contribution in [0.1, 0.15) is 0 Å². The number of ether oxygens (including phenoxy) is 2. The van der Waals surface area contributed by atoms with Gasteiger partial charge in [0.2, 0.25) is 0 Å². The van der Waals surface area contributed by atoms with E-state index >= 15 is 0 Å². The number of hydrogen-bond acceptors (Lipinski definition) is 5. The normalized spacial score (nSPS) is 10.0. The summed E-state index contributed by atoms with van der Waals surface area (Å²) in [7, 11) is 0. The second kappa shape index (κ2) is 4.58. The summed E-state index contributed by atoms with van der Waals surface area (Å²) >= 11 is 0. The Bertz CT molecular complexity index is 624. The molecular formula is C11H7NO6. The van der Waals surface area contributed by atoms with Crippen LogP contribution in [0.2, 0.25) is 0 Å². The van der Waals surface area contributed by atoms with E-state index in [-0.39, 0.29) is 11.5 Å². The second-order valence-electron chi connectivity index (χ2n) is 3.20. The summed E-state index contributed by atoms with van der Waals surface area (Å²) in [5.74, 6) is -0.473. The predicted molar refractivity (Wildman–Crippen MR) is 59.0 cm³/mol. The van der Waals surface area contributed by atoms with Gasteiger partial charge in [0.25, 0.3) is 0 Å². The van der Waals surface area contributed by atoms with Gasteiger partial charge in [0.05, 0.1) is 11.7 Å². The summed E-state index contributed by atoms with van der Waals surface area (Å²) in [5, 5.41) is 17.5. The molecule has 0 saturated heterocycles. The highest BCUT2D eigenvalue weighted by Crippen LogP contribution is 2.34. The zero-order valence-corrected chi connectivity index (χ0v) is 8.86. The van der Waals surface area contributed by atoms with Crippen molar-refractivity contribution in [1.29, 1.82) is 0 Å². The number of nitrogens with zero attached hydrogens (tertiary/aromatic N) is 1. The van der Waals surface area contributed by atoms with E-state index in [1.165, 1.54) is 0 Å². The fourth-order valence-electron chi connectivity index (χ4n) is 1.46. The van der Waals surface area contributed by atoms with Gasteiger partial charge in [-0.15, -0.1) is 0 Å². The quantitative estimate of drug-likeness (QED) is 0.786. The van der Waals surface area contributed by atoms with Gasteiger partial charge in [-0.2, -0.15) is 0 Å². The number of benzene rings is 1. The second-order valence-corrected chi connectivity index (χ2v) is 3.20. The van der Waals surface area contributed by atoms with E-state index in [2.05, 4.69) is 14.5 Å². The van der Waals surface area contributed by atoms with Crippen LogP contribution in [0.15, 0.2) is 30.5 Å². The smallest absolute Gasteiger partial charge is 0.449 e. The number of aromatic nitrogens is 1. The summed E-state index contributed by atoms with van der Waals surface area (Å²) in [6.45, 7) is 0. The molecule has 7 heteroatoms. The molecular weight excluding hydrogens is 242 g/mol. The van der Waals surface area contributed by atoms with Crippen LogP contribution >= 0.6 is 0 Å². The van der Waals surface area contributed by atoms with Gasteiger partial charge in [-0.25, -0.2) is 9.59 Å². The topological polar surface area (TPSA) is 106 Å². The Hall–Kier alpha value is -2.83. The average molecular weight is 249 g/mol. The first-order valence-electron chi connectivity index (χ1n) is 4.77. The van der Waals surface area contributed by atoms with E-state index in [0.717, 1.165) is 6.20 Å². The van der Waals surface area contributed by atoms with Crippen molar-refractivity contribution in [3.63, 3.8) is 0 Å². The molecule has 92 valence electrons. The van der Waals surface area contributed by atoms with Crippen molar-refractivity contribution in [3.05, 3.63) is 30.5 Å². The maximum absolute atomic E-state index is 10.6. The Morgan fingerprint density at radius 2 is 1.72 bits per heavy atom. The van der Waals surface area contributed by atoms with Crippen LogP contribution < -0.4 is 9.47 Å². The lowest BCUT2D eigenvalue weighted by molar-refractivity contribution is 0.133. The molecule has 18 heavy (non-hydrogen) atoms. The number of carbonyl (C=O) groups is 2. The summed E-state index contributed by atoms with van der Waals surface area (Å²) in [4.78, 5) is 25.0. The van der Waals surface area contributed by atoms with Crippen LogP contribution in [0.3, 0.4) is 0 Å². The minimum absolute atomic E-state index is 0.199. The number of rotatable bonds is 2. The molecule has 0 atom stereocenters. The van der Waals surface area contributed by atoms with Gasteiger partial charge in [0.1, 0.15) is 0 Å². The monoisotopic (exact) mass is 249 g/mol. The zero-order chi connectivity index (χ0) is 13.1. The van der Waals surface area contributed by atoms with Gasteiger partial charge in [-0.3, -0.25) is 4.98 Å². The molecule has 1 aromatic carbocycles. The molecule has 0 saturated carbocycles. The van der Waals surface area contributed by atoms with Crippen LogP contribution in [-0.4, -0.2) is 27.5 Å². The van der Waals surface area contributed by atoms with Gasteiger partial charge < -0.3 is 19.7 Å². The Labute approximate surface area is 100 Å². The van der Waals surface area contributed by atoms with Crippen molar-refractivity contribution in [1.82, 2.24) is 4.98 Å². The van der Waals surface area contributed by atoms with Crippen LogP contribution in [0, 0.1) is 0 Å². The Morgan fingerprint density at radius 1 is 1.06 bits per heavy atom. The SMILES string of the molecule is O=C(O)Oc1cnc2ccccc2c1OC(=O)O. The lowest BCUT2D eigenvalue weighted by Gasteiger charge is -2.09. The third-order valence-corrected chi connectivity index (χ3v) is 2.08. The summed E-state index contributed by atoms with van der Waals surface area (Å²) in [6.07, 6.45) is -2.06. The lowest BCUT2D eigenvalue weighted by Crippen LogP contribution is -2.09. The molecule has 1 aromatic heterocycles. The van der Waals surface area contributed by atoms with Gasteiger partial charge in [0, 0.05) is 5.39 Å². The van der Waals surface area contributed by atoms with E-state index in [0.29, 0.717) is 10.9 Å². The van der Waals surface area contributed by atoms with Crippen LogP contribution in [0.25, 0.3) is 10.9 Å². The molecule has 0 bridgehead atoms.